The molecule has 0 heterocycles. The van der Waals surface area contributed by atoms with Gasteiger partial charge in [-0.15, -0.1) is 0 Å². The summed E-state index contributed by atoms with van der Waals surface area (Å²) >= 11 is 0. The van der Waals surface area contributed by atoms with Gasteiger partial charge in [-0.25, -0.2) is 4.99 Å². The first-order chi connectivity index (χ1) is 15.5. The zero-order valence-corrected chi connectivity index (χ0v) is 19.3. The van der Waals surface area contributed by atoms with Crippen LogP contribution >= 0.6 is 0 Å². The highest BCUT2D eigenvalue weighted by molar-refractivity contribution is 6.35. The van der Waals surface area contributed by atoms with Gasteiger partial charge in [-0.3, -0.25) is 9.59 Å². The van der Waals surface area contributed by atoms with Crippen molar-refractivity contribution in [3.05, 3.63) is 65.2 Å². The number of nitrogens with zero attached hydrogens (tertiary/aromatic N) is 2. The molecule has 0 aliphatic heterocycles. The molecule has 2 aromatic rings. The van der Waals surface area contributed by atoms with Gasteiger partial charge in [0.15, 0.2) is 5.78 Å². The van der Waals surface area contributed by atoms with Gasteiger partial charge < -0.3 is 15.0 Å². The van der Waals surface area contributed by atoms with E-state index in [4.69, 9.17) is 9.73 Å². The van der Waals surface area contributed by atoms with Gasteiger partial charge in [-0.05, 0) is 45.4 Å². The molecule has 0 saturated carbocycles. The highest BCUT2D eigenvalue weighted by Crippen LogP contribution is 2.34. The van der Waals surface area contributed by atoms with Crippen LogP contribution in [-0.2, 0) is 4.79 Å². The lowest BCUT2D eigenvalue weighted by atomic mass is 9.88. The zero-order valence-electron chi connectivity index (χ0n) is 19.3. The molecule has 0 bridgehead atoms. The first-order valence-corrected chi connectivity index (χ1v) is 11.3. The van der Waals surface area contributed by atoms with E-state index < -0.39 is 0 Å². The van der Waals surface area contributed by atoms with Crippen LogP contribution in [0, 0.1) is 0 Å². The molecule has 32 heavy (non-hydrogen) atoms. The van der Waals surface area contributed by atoms with Crippen molar-refractivity contribution in [3.63, 3.8) is 0 Å². The van der Waals surface area contributed by atoms with Gasteiger partial charge in [-0.2, -0.15) is 0 Å². The summed E-state index contributed by atoms with van der Waals surface area (Å²) in [7, 11) is 0. The minimum atomic E-state index is -0.374. The summed E-state index contributed by atoms with van der Waals surface area (Å²) in [6, 6.07) is 13.2. The van der Waals surface area contributed by atoms with Crippen molar-refractivity contribution in [1.29, 1.82) is 0 Å². The summed E-state index contributed by atoms with van der Waals surface area (Å²) in [6.07, 6.45) is 2.38. The second-order valence-electron chi connectivity index (χ2n) is 7.44. The Morgan fingerprint density at radius 1 is 1.03 bits per heavy atom. The average molecular weight is 434 g/mol. The molecule has 1 N–H and O–H groups in total. The number of allylic oxidation sites excluding steroid dienone is 1. The average Bonchev–Trinajstić information content (AvgIpc) is 2.81. The first kappa shape index (κ1) is 23.3. The zero-order chi connectivity index (χ0) is 23.1. The SMILES string of the molecule is CCCNC(=O)C1=CC(=Nc2ccc(N(CC)CC)cc2OCC)c2ccccc2C1=O. The number of aliphatic imine (C=N–C) groups is 1. The predicted molar refractivity (Wildman–Crippen MR) is 130 cm³/mol. The number of ether oxygens (including phenoxy) is 1. The molecule has 1 aliphatic carbocycles. The number of fused-ring (bicyclic) bond motifs is 1. The Morgan fingerprint density at radius 3 is 2.41 bits per heavy atom. The van der Waals surface area contributed by atoms with Gasteiger partial charge in [0.05, 0.1) is 17.9 Å². The first-order valence-electron chi connectivity index (χ1n) is 11.3. The lowest BCUT2D eigenvalue weighted by Crippen LogP contribution is -2.32. The van der Waals surface area contributed by atoms with E-state index in [2.05, 4.69) is 24.1 Å². The number of benzene rings is 2. The number of hydrogen-bond donors (Lipinski definition) is 1. The van der Waals surface area contributed by atoms with E-state index in [1.165, 1.54) is 0 Å². The molecule has 6 nitrogen and oxygen atoms in total. The molecule has 6 heteroatoms. The number of Topliss-reactive ketones (excluding diaryl/α,β-unsaturated/α-hetero) is 1. The molecule has 168 valence electrons. The van der Waals surface area contributed by atoms with Crippen LogP contribution in [0.15, 0.2) is 59.1 Å². The third kappa shape index (κ3) is 4.90. The largest absolute Gasteiger partial charge is 0.492 e. The molecular formula is C26H31N3O3. The summed E-state index contributed by atoms with van der Waals surface area (Å²) < 4.78 is 5.89. The third-order valence-corrected chi connectivity index (χ3v) is 5.37. The predicted octanol–water partition coefficient (Wildman–Crippen LogP) is 4.70. The molecule has 0 radical (unpaired) electrons. The highest BCUT2D eigenvalue weighted by atomic mass is 16.5. The standard InChI is InChI=1S/C26H31N3O3/c1-5-15-27-26(31)21-17-23(19-11-9-10-12-20(19)25(21)30)28-22-14-13-18(29(6-2)7-3)16-24(22)32-8-4/h9-14,16-17H,5-8,15H2,1-4H3,(H,27,31). The van der Waals surface area contributed by atoms with Gasteiger partial charge in [0, 0.05) is 42.5 Å². The van der Waals surface area contributed by atoms with E-state index in [1.807, 2.05) is 44.2 Å². The molecule has 0 saturated heterocycles. The molecule has 0 aromatic heterocycles. The van der Waals surface area contributed by atoms with E-state index in [0.717, 1.165) is 25.2 Å². The highest BCUT2D eigenvalue weighted by Gasteiger charge is 2.28. The van der Waals surface area contributed by atoms with Crippen LogP contribution in [-0.4, -0.2) is 43.6 Å². The summed E-state index contributed by atoms with van der Waals surface area (Å²) in [4.78, 5) is 32.7. The normalized spacial score (nSPS) is 14.1. The Bertz CT molecular complexity index is 1050. The number of nitrogens with one attached hydrogen (secondary N) is 1. The molecule has 1 amide bonds. The maximum absolute atomic E-state index is 13.0. The second kappa shape index (κ2) is 10.8. The van der Waals surface area contributed by atoms with Crippen LogP contribution in [0.1, 0.15) is 50.0 Å². The third-order valence-electron chi connectivity index (χ3n) is 5.37. The molecule has 0 spiro atoms. The van der Waals surface area contributed by atoms with Crippen LogP contribution in [0.4, 0.5) is 11.4 Å². The molecule has 1 aliphatic rings. The van der Waals surface area contributed by atoms with Gasteiger partial charge >= 0.3 is 0 Å². The number of anilines is 1. The Labute approximate surface area is 190 Å². The maximum Gasteiger partial charge on any atom is 0.255 e. The Balaban J connectivity index is 2.11. The van der Waals surface area contributed by atoms with Crippen molar-refractivity contribution in [2.45, 2.75) is 34.1 Å². The van der Waals surface area contributed by atoms with Crippen LogP contribution < -0.4 is 15.0 Å². The number of carbonyl (C=O) groups is 2. The van der Waals surface area contributed by atoms with Crippen molar-refractivity contribution in [1.82, 2.24) is 5.32 Å². The number of hydrogen-bond acceptors (Lipinski definition) is 5. The van der Waals surface area contributed by atoms with Crippen molar-refractivity contribution in [2.24, 2.45) is 4.99 Å². The molecule has 0 unspecified atom stereocenters. The molecule has 0 fully saturated rings. The molecular weight excluding hydrogens is 402 g/mol. The van der Waals surface area contributed by atoms with E-state index in [9.17, 15) is 9.59 Å². The van der Waals surface area contributed by atoms with Gasteiger partial charge in [0.2, 0.25) is 0 Å². The van der Waals surface area contributed by atoms with Crippen LogP contribution in [0.3, 0.4) is 0 Å². The summed E-state index contributed by atoms with van der Waals surface area (Å²) in [5.41, 5.74) is 3.59. The summed E-state index contributed by atoms with van der Waals surface area (Å²) in [5.74, 6) is 0.0141. The topological polar surface area (TPSA) is 71.0 Å². The fourth-order valence-corrected chi connectivity index (χ4v) is 3.71. The lowest BCUT2D eigenvalue weighted by Gasteiger charge is -2.22. The lowest BCUT2D eigenvalue weighted by molar-refractivity contribution is -0.117. The van der Waals surface area contributed by atoms with Crippen molar-refractivity contribution >= 4 is 28.8 Å². The Hall–Kier alpha value is -3.41. The minimum Gasteiger partial charge on any atom is -0.492 e. The summed E-state index contributed by atoms with van der Waals surface area (Å²) in [6.45, 7) is 10.9. The van der Waals surface area contributed by atoms with Crippen LogP contribution in [0.5, 0.6) is 5.75 Å². The summed E-state index contributed by atoms with van der Waals surface area (Å²) in [5, 5.41) is 2.80. The Morgan fingerprint density at radius 2 is 1.75 bits per heavy atom. The van der Waals surface area contributed by atoms with E-state index in [0.29, 0.717) is 41.4 Å². The minimum absolute atomic E-state index is 0.105. The van der Waals surface area contributed by atoms with Gasteiger partial charge in [-0.1, -0.05) is 31.2 Å². The van der Waals surface area contributed by atoms with Crippen molar-refractivity contribution in [3.8, 4) is 5.75 Å². The number of carbonyl (C=O) groups excluding carboxylic acids is 2. The van der Waals surface area contributed by atoms with Gasteiger partial charge in [0.25, 0.3) is 5.91 Å². The maximum atomic E-state index is 13.0. The Kier molecular flexibility index (Phi) is 7.82. The van der Waals surface area contributed by atoms with E-state index in [-0.39, 0.29) is 17.3 Å². The number of rotatable bonds is 9. The smallest absolute Gasteiger partial charge is 0.255 e. The van der Waals surface area contributed by atoms with Crippen molar-refractivity contribution in [2.75, 3.05) is 31.1 Å². The van der Waals surface area contributed by atoms with E-state index in [1.54, 1.807) is 18.2 Å². The molecule has 3 rings (SSSR count). The fourth-order valence-electron chi connectivity index (χ4n) is 3.71. The van der Waals surface area contributed by atoms with Crippen molar-refractivity contribution < 1.29 is 14.3 Å². The van der Waals surface area contributed by atoms with E-state index >= 15 is 0 Å². The fraction of sp³-hybridized carbons (Fsp3) is 0.346. The van der Waals surface area contributed by atoms with Crippen LogP contribution in [0.2, 0.25) is 0 Å². The van der Waals surface area contributed by atoms with Gasteiger partial charge in [0.1, 0.15) is 11.4 Å². The monoisotopic (exact) mass is 433 g/mol. The van der Waals surface area contributed by atoms with Crippen LogP contribution in [0.25, 0.3) is 0 Å². The molecule has 0 atom stereocenters. The second-order valence-corrected chi connectivity index (χ2v) is 7.44. The molecule has 2 aromatic carbocycles. The number of ketones is 1. The number of amides is 1. The quantitative estimate of drug-likeness (QED) is 0.582.